The van der Waals surface area contributed by atoms with Crippen LogP contribution in [-0.2, 0) is 17.7 Å². The Labute approximate surface area is 198 Å². The van der Waals surface area contributed by atoms with Gasteiger partial charge >= 0.3 is 6.09 Å². The van der Waals surface area contributed by atoms with E-state index in [1.54, 1.807) is 23.0 Å². The van der Waals surface area contributed by atoms with Crippen LogP contribution in [0.25, 0.3) is 16.9 Å². The summed E-state index contributed by atoms with van der Waals surface area (Å²) < 4.78 is 7.35. The molecule has 3 heterocycles. The molecule has 1 aromatic carbocycles. The maximum atomic E-state index is 13.3. The molecule has 0 bridgehead atoms. The molecule has 0 aliphatic carbocycles. The molecule has 8 heteroatoms. The van der Waals surface area contributed by atoms with E-state index in [9.17, 15) is 4.79 Å². The third kappa shape index (κ3) is 5.14. The van der Waals surface area contributed by atoms with Crippen LogP contribution in [0.2, 0.25) is 5.15 Å². The minimum absolute atomic E-state index is 0.272. The van der Waals surface area contributed by atoms with Crippen LogP contribution in [0.3, 0.4) is 0 Å². The van der Waals surface area contributed by atoms with Crippen molar-refractivity contribution in [3.8, 4) is 11.3 Å². The van der Waals surface area contributed by atoms with Crippen molar-refractivity contribution < 1.29 is 9.53 Å². The number of ether oxygens (including phenoxy) is 1. The number of hydrogen-bond acceptors (Lipinski definition) is 5. The van der Waals surface area contributed by atoms with Gasteiger partial charge < -0.3 is 4.74 Å². The minimum Gasteiger partial charge on any atom is -0.443 e. The third-order valence-electron chi connectivity index (χ3n) is 5.02. The van der Waals surface area contributed by atoms with Crippen molar-refractivity contribution in [2.24, 2.45) is 0 Å². The number of aryl methyl sites for hydroxylation is 1. The molecule has 0 spiro atoms. The van der Waals surface area contributed by atoms with Crippen molar-refractivity contribution >= 4 is 29.2 Å². The number of fused-ring (bicyclic) bond motifs is 1. The van der Waals surface area contributed by atoms with Crippen LogP contribution in [0.1, 0.15) is 38.8 Å². The van der Waals surface area contributed by atoms with Gasteiger partial charge in [-0.1, -0.05) is 48.9 Å². The highest BCUT2D eigenvalue weighted by Crippen LogP contribution is 2.26. The Morgan fingerprint density at radius 3 is 2.55 bits per heavy atom. The van der Waals surface area contributed by atoms with Gasteiger partial charge in [-0.25, -0.2) is 9.78 Å². The molecule has 0 radical (unpaired) electrons. The van der Waals surface area contributed by atoms with Gasteiger partial charge in [0.2, 0.25) is 0 Å². The SMILES string of the molecule is CCc1cnn2c(N(Cc3ccc(-c4ccccn4)cc3)C(=O)OC(C)(C)C)cc(Cl)nc12. The molecule has 3 aromatic heterocycles. The van der Waals surface area contributed by atoms with Crippen LogP contribution in [0.15, 0.2) is 60.9 Å². The molecule has 7 nitrogen and oxygen atoms in total. The maximum absolute atomic E-state index is 13.3. The summed E-state index contributed by atoms with van der Waals surface area (Å²) in [6.07, 6.45) is 3.77. The lowest BCUT2D eigenvalue weighted by Crippen LogP contribution is -2.37. The second-order valence-electron chi connectivity index (χ2n) is 8.67. The van der Waals surface area contributed by atoms with Gasteiger partial charge in [0.05, 0.1) is 18.4 Å². The monoisotopic (exact) mass is 463 g/mol. The Balaban J connectivity index is 1.73. The lowest BCUT2D eigenvalue weighted by molar-refractivity contribution is 0.0575. The van der Waals surface area contributed by atoms with Crippen LogP contribution in [0.5, 0.6) is 0 Å². The number of nitrogens with zero attached hydrogens (tertiary/aromatic N) is 5. The molecule has 0 aliphatic rings. The average molecular weight is 464 g/mol. The standard InChI is InChI=1S/C25H26ClN5O2/c1-5-18-15-28-31-22(14-21(26)29-23(18)31)30(24(32)33-25(2,3)4)16-17-9-11-19(12-10-17)20-8-6-7-13-27-20/h6-15H,5,16H2,1-4H3. The normalized spacial score (nSPS) is 11.5. The number of carbonyl (C=O) groups is 1. The second kappa shape index (κ2) is 9.19. The Bertz CT molecular complexity index is 1260. The number of halogens is 1. The van der Waals surface area contributed by atoms with Gasteiger partial charge in [0.25, 0.3) is 0 Å². The number of rotatable bonds is 5. The first-order chi connectivity index (χ1) is 15.7. The number of hydrogen-bond donors (Lipinski definition) is 0. The smallest absolute Gasteiger partial charge is 0.416 e. The number of pyridine rings is 1. The van der Waals surface area contributed by atoms with Crippen molar-refractivity contribution in [2.45, 2.75) is 46.3 Å². The summed E-state index contributed by atoms with van der Waals surface area (Å²) in [4.78, 5) is 23.6. The zero-order chi connectivity index (χ0) is 23.6. The highest BCUT2D eigenvalue weighted by atomic mass is 35.5. The lowest BCUT2D eigenvalue weighted by atomic mass is 10.1. The summed E-state index contributed by atoms with van der Waals surface area (Å²) in [5, 5.41) is 4.75. The minimum atomic E-state index is -0.660. The Morgan fingerprint density at radius 1 is 1.15 bits per heavy atom. The zero-order valence-electron chi connectivity index (χ0n) is 19.1. The summed E-state index contributed by atoms with van der Waals surface area (Å²) in [5.74, 6) is 0.493. The van der Waals surface area contributed by atoms with E-state index in [0.29, 0.717) is 11.5 Å². The first-order valence-corrected chi connectivity index (χ1v) is 11.2. The van der Waals surface area contributed by atoms with Gasteiger partial charge in [0, 0.05) is 23.4 Å². The van der Waals surface area contributed by atoms with Crippen molar-refractivity contribution in [1.29, 1.82) is 0 Å². The van der Waals surface area contributed by atoms with E-state index in [1.165, 1.54) is 4.90 Å². The molecule has 0 unspecified atom stereocenters. The molecular weight excluding hydrogens is 438 g/mol. The molecule has 0 aliphatic heterocycles. The summed E-state index contributed by atoms with van der Waals surface area (Å²) >= 11 is 6.35. The van der Waals surface area contributed by atoms with E-state index in [4.69, 9.17) is 16.3 Å². The predicted octanol–water partition coefficient (Wildman–Crippen LogP) is 5.95. The lowest BCUT2D eigenvalue weighted by Gasteiger charge is -2.27. The van der Waals surface area contributed by atoms with Crippen LogP contribution >= 0.6 is 11.6 Å². The molecule has 4 rings (SSSR count). The number of benzene rings is 1. The molecule has 0 fully saturated rings. The summed E-state index contributed by atoms with van der Waals surface area (Å²) in [5.41, 5.74) is 3.72. The number of carbonyl (C=O) groups excluding carboxylic acids is 1. The highest BCUT2D eigenvalue weighted by Gasteiger charge is 2.27. The zero-order valence-corrected chi connectivity index (χ0v) is 19.9. The summed E-state index contributed by atoms with van der Waals surface area (Å²) in [6, 6.07) is 15.4. The first-order valence-electron chi connectivity index (χ1n) is 10.8. The Hall–Kier alpha value is -3.45. The van der Waals surface area contributed by atoms with Gasteiger partial charge in [0.15, 0.2) is 5.65 Å². The number of anilines is 1. The van der Waals surface area contributed by atoms with Crippen LogP contribution < -0.4 is 4.90 Å². The van der Waals surface area contributed by atoms with E-state index in [1.807, 2.05) is 70.2 Å². The van der Waals surface area contributed by atoms with E-state index < -0.39 is 11.7 Å². The molecule has 4 aromatic rings. The van der Waals surface area contributed by atoms with Crippen LogP contribution in [-0.4, -0.2) is 31.3 Å². The predicted molar refractivity (Wildman–Crippen MR) is 129 cm³/mol. The summed E-state index contributed by atoms with van der Waals surface area (Å²) in [7, 11) is 0. The van der Waals surface area contributed by atoms with Gasteiger partial charge in [-0.05, 0) is 44.9 Å². The molecule has 1 amide bonds. The average Bonchev–Trinajstić information content (AvgIpc) is 3.19. The highest BCUT2D eigenvalue weighted by molar-refractivity contribution is 6.29. The molecule has 0 atom stereocenters. The van der Waals surface area contributed by atoms with Crippen LogP contribution in [0.4, 0.5) is 10.6 Å². The van der Waals surface area contributed by atoms with Crippen molar-refractivity contribution in [2.75, 3.05) is 4.90 Å². The molecule has 170 valence electrons. The fourth-order valence-electron chi connectivity index (χ4n) is 3.46. The Kier molecular flexibility index (Phi) is 6.33. The molecular formula is C25H26ClN5O2. The van der Waals surface area contributed by atoms with E-state index in [2.05, 4.69) is 15.1 Å². The van der Waals surface area contributed by atoms with E-state index in [-0.39, 0.29) is 11.7 Å². The molecule has 0 saturated carbocycles. The third-order valence-corrected chi connectivity index (χ3v) is 5.22. The van der Waals surface area contributed by atoms with Crippen molar-refractivity contribution in [3.05, 3.63) is 77.2 Å². The van der Waals surface area contributed by atoms with Crippen molar-refractivity contribution in [1.82, 2.24) is 19.6 Å². The fourth-order valence-corrected chi connectivity index (χ4v) is 3.64. The summed E-state index contributed by atoms with van der Waals surface area (Å²) in [6.45, 7) is 7.80. The topological polar surface area (TPSA) is 72.6 Å². The van der Waals surface area contributed by atoms with Crippen LogP contribution in [0, 0.1) is 0 Å². The maximum Gasteiger partial charge on any atom is 0.416 e. The molecule has 33 heavy (non-hydrogen) atoms. The van der Waals surface area contributed by atoms with Gasteiger partial charge in [-0.2, -0.15) is 9.61 Å². The number of aromatic nitrogens is 4. The largest absolute Gasteiger partial charge is 0.443 e. The van der Waals surface area contributed by atoms with Gasteiger partial charge in [-0.15, -0.1) is 0 Å². The van der Waals surface area contributed by atoms with E-state index >= 15 is 0 Å². The van der Waals surface area contributed by atoms with E-state index in [0.717, 1.165) is 28.8 Å². The van der Waals surface area contributed by atoms with Crippen molar-refractivity contribution in [3.63, 3.8) is 0 Å². The molecule has 0 saturated heterocycles. The molecule has 0 N–H and O–H groups in total. The quantitative estimate of drug-likeness (QED) is 0.342. The second-order valence-corrected chi connectivity index (χ2v) is 9.06. The number of amides is 1. The van der Waals surface area contributed by atoms with Gasteiger partial charge in [0.1, 0.15) is 16.6 Å². The van der Waals surface area contributed by atoms with Gasteiger partial charge in [-0.3, -0.25) is 9.88 Å². The first kappa shape index (κ1) is 22.7. The Morgan fingerprint density at radius 2 is 1.91 bits per heavy atom. The fraction of sp³-hybridized carbons (Fsp3) is 0.280.